The van der Waals surface area contributed by atoms with Gasteiger partial charge in [-0.2, -0.15) is 0 Å². The van der Waals surface area contributed by atoms with E-state index in [1.54, 1.807) is 0 Å². The van der Waals surface area contributed by atoms with Crippen LogP contribution in [0.15, 0.2) is 109 Å². The average molecular weight is 1010 g/mol. The van der Waals surface area contributed by atoms with Gasteiger partial charge in [-0.05, 0) is 96.3 Å². The summed E-state index contributed by atoms with van der Waals surface area (Å²) in [5.41, 5.74) is 0. The number of carbonyl (C=O) groups is 2. The number of nitrogens with zero attached hydrogens (tertiary/aromatic N) is 1. The molecule has 1 N–H and O–H groups in total. The molecule has 9 nitrogen and oxygen atoms in total. The van der Waals surface area contributed by atoms with E-state index in [-0.39, 0.29) is 32.0 Å². The molecule has 2 atom stereocenters. The number of hydrogen-bond acceptors (Lipinski definition) is 7. The molecule has 0 aliphatic carbocycles. The van der Waals surface area contributed by atoms with Crippen molar-refractivity contribution in [3.8, 4) is 0 Å². The van der Waals surface area contributed by atoms with Gasteiger partial charge in [0.2, 0.25) is 0 Å². The summed E-state index contributed by atoms with van der Waals surface area (Å²) in [6.07, 6.45) is 71.5. The SMILES string of the molecule is CC/C=C\C/C=C\C/C=C\C/C=C\C/C=C\C/C=C\C/C=C\CCCCCCCCCCCCCC(=O)OC(COC(=O)CCCCCCC/C=C\C/C=C\CCCC)COP(=O)(O)OCC[N+](C)(C)C. The van der Waals surface area contributed by atoms with Crippen LogP contribution in [0, 0.1) is 0 Å². The first-order valence-electron chi connectivity index (χ1n) is 28.1. The van der Waals surface area contributed by atoms with Crippen molar-refractivity contribution in [2.24, 2.45) is 0 Å². The predicted octanol–water partition coefficient (Wildman–Crippen LogP) is 17.4. The summed E-state index contributed by atoms with van der Waals surface area (Å²) in [5, 5.41) is 0. The van der Waals surface area contributed by atoms with Gasteiger partial charge < -0.3 is 18.9 Å². The minimum absolute atomic E-state index is 0.0238. The third-order valence-corrected chi connectivity index (χ3v) is 12.5. The summed E-state index contributed by atoms with van der Waals surface area (Å²) in [6.45, 7) is 4.24. The van der Waals surface area contributed by atoms with Gasteiger partial charge in [-0.1, -0.05) is 213 Å². The van der Waals surface area contributed by atoms with E-state index in [9.17, 15) is 19.0 Å². The summed E-state index contributed by atoms with van der Waals surface area (Å²) in [5.74, 6) is -0.823. The topological polar surface area (TPSA) is 108 Å². The summed E-state index contributed by atoms with van der Waals surface area (Å²) in [6, 6.07) is 0. The van der Waals surface area contributed by atoms with Crippen LogP contribution < -0.4 is 0 Å². The molecule has 10 heteroatoms. The van der Waals surface area contributed by atoms with E-state index >= 15 is 0 Å². The normalized spacial score (nSPS) is 14.2. The van der Waals surface area contributed by atoms with Crippen LogP contribution in [0.2, 0.25) is 0 Å². The molecule has 0 saturated carbocycles. The maximum Gasteiger partial charge on any atom is 0.472 e. The summed E-state index contributed by atoms with van der Waals surface area (Å²) in [4.78, 5) is 35.6. The first-order chi connectivity index (χ1) is 34.5. The van der Waals surface area contributed by atoms with Crippen molar-refractivity contribution in [1.82, 2.24) is 0 Å². The molecule has 0 aromatic heterocycles. The van der Waals surface area contributed by atoms with Crippen LogP contribution in [0.25, 0.3) is 0 Å². The molecular formula is C61H105NO8P+. The third kappa shape index (κ3) is 55.8. The van der Waals surface area contributed by atoms with Crippen molar-refractivity contribution in [2.45, 2.75) is 219 Å². The minimum atomic E-state index is -4.39. The average Bonchev–Trinajstić information content (AvgIpc) is 3.33. The molecule has 0 aliphatic heterocycles. The number of carbonyl (C=O) groups excluding carboxylic acids is 2. The van der Waals surface area contributed by atoms with Crippen molar-refractivity contribution in [3.63, 3.8) is 0 Å². The number of quaternary nitrogens is 1. The zero-order valence-electron chi connectivity index (χ0n) is 45.9. The third-order valence-electron chi connectivity index (χ3n) is 11.5. The summed E-state index contributed by atoms with van der Waals surface area (Å²) >= 11 is 0. The molecule has 0 saturated heterocycles. The Balaban J connectivity index is 4.15. The molecule has 0 rings (SSSR count). The van der Waals surface area contributed by atoms with E-state index in [0.29, 0.717) is 17.4 Å². The van der Waals surface area contributed by atoms with Crippen LogP contribution in [-0.2, 0) is 32.7 Å². The van der Waals surface area contributed by atoms with Crippen LogP contribution in [-0.4, -0.2) is 74.9 Å². The van der Waals surface area contributed by atoms with Crippen molar-refractivity contribution in [2.75, 3.05) is 47.5 Å². The highest BCUT2D eigenvalue weighted by Crippen LogP contribution is 2.43. The fourth-order valence-corrected chi connectivity index (χ4v) is 7.93. The van der Waals surface area contributed by atoms with E-state index < -0.39 is 26.5 Å². The molecule has 71 heavy (non-hydrogen) atoms. The second-order valence-electron chi connectivity index (χ2n) is 19.6. The van der Waals surface area contributed by atoms with Gasteiger partial charge in [0.25, 0.3) is 0 Å². The molecule has 0 bridgehead atoms. The zero-order valence-corrected chi connectivity index (χ0v) is 46.8. The Kier molecular flexibility index (Phi) is 49.1. The van der Waals surface area contributed by atoms with Gasteiger partial charge in [0.05, 0.1) is 27.7 Å². The lowest BCUT2D eigenvalue weighted by atomic mass is 10.0. The van der Waals surface area contributed by atoms with E-state index in [1.807, 2.05) is 21.1 Å². The molecule has 0 heterocycles. The van der Waals surface area contributed by atoms with E-state index in [0.717, 1.165) is 122 Å². The molecule has 2 unspecified atom stereocenters. The number of allylic oxidation sites excluding steroid dienone is 18. The van der Waals surface area contributed by atoms with Gasteiger partial charge in [-0.3, -0.25) is 18.6 Å². The van der Waals surface area contributed by atoms with Crippen molar-refractivity contribution >= 4 is 19.8 Å². The molecule has 0 aromatic rings. The second-order valence-corrected chi connectivity index (χ2v) is 21.0. The maximum absolute atomic E-state index is 12.8. The highest BCUT2D eigenvalue weighted by Gasteiger charge is 2.27. The van der Waals surface area contributed by atoms with Gasteiger partial charge >= 0.3 is 19.8 Å². The van der Waals surface area contributed by atoms with Gasteiger partial charge in [0.15, 0.2) is 6.10 Å². The van der Waals surface area contributed by atoms with Crippen LogP contribution in [0.3, 0.4) is 0 Å². The Hall–Kier alpha value is -3.33. The first-order valence-corrected chi connectivity index (χ1v) is 29.6. The van der Waals surface area contributed by atoms with Crippen LogP contribution >= 0.6 is 7.82 Å². The van der Waals surface area contributed by atoms with Gasteiger partial charge in [-0.25, -0.2) is 4.57 Å². The molecule has 0 aliphatic rings. The highest BCUT2D eigenvalue weighted by molar-refractivity contribution is 7.47. The highest BCUT2D eigenvalue weighted by atomic mass is 31.2. The fraction of sp³-hybridized carbons (Fsp3) is 0.672. The van der Waals surface area contributed by atoms with Crippen molar-refractivity contribution in [3.05, 3.63) is 109 Å². The lowest BCUT2D eigenvalue weighted by Crippen LogP contribution is -2.37. The van der Waals surface area contributed by atoms with Gasteiger partial charge in [0.1, 0.15) is 19.8 Å². The lowest BCUT2D eigenvalue weighted by Gasteiger charge is -2.24. The summed E-state index contributed by atoms with van der Waals surface area (Å²) < 4.78 is 34.5. The zero-order chi connectivity index (χ0) is 52.0. The Morgan fingerprint density at radius 3 is 1.20 bits per heavy atom. The molecule has 0 aromatic carbocycles. The predicted molar refractivity (Wildman–Crippen MR) is 302 cm³/mol. The van der Waals surface area contributed by atoms with Crippen molar-refractivity contribution in [1.29, 1.82) is 0 Å². The number of ether oxygens (including phenoxy) is 2. The largest absolute Gasteiger partial charge is 0.472 e. The number of hydrogen-bond donors (Lipinski definition) is 1. The fourth-order valence-electron chi connectivity index (χ4n) is 7.19. The quantitative estimate of drug-likeness (QED) is 0.0211. The smallest absolute Gasteiger partial charge is 0.462 e. The van der Waals surface area contributed by atoms with E-state index in [2.05, 4.69) is 123 Å². The molecule has 0 radical (unpaired) electrons. The van der Waals surface area contributed by atoms with Gasteiger partial charge in [-0.15, -0.1) is 0 Å². The van der Waals surface area contributed by atoms with Crippen LogP contribution in [0.5, 0.6) is 0 Å². The number of phosphoric acid groups is 1. The molecule has 0 spiro atoms. The first kappa shape index (κ1) is 67.7. The number of likely N-dealkylation sites (N-methyl/N-ethyl adjacent to an activating group) is 1. The molecular weight excluding hydrogens is 906 g/mol. The number of esters is 2. The summed E-state index contributed by atoms with van der Waals surface area (Å²) in [7, 11) is 1.45. The number of unbranched alkanes of at least 4 members (excludes halogenated alkanes) is 18. The Labute approximate surface area is 436 Å². The Bertz CT molecular complexity index is 1570. The second kappa shape index (κ2) is 51.6. The Morgan fingerprint density at radius 1 is 0.451 bits per heavy atom. The molecule has 406 valence electrons. The van der Waals surface area contributed by atoms with Crippen LogP contribution in [0.4, 0.5) is 0 Å². The minimum Gasteiger partial charge on any atom is -0.462 e. The number of rotatable bonds is 50. The molecule has 0 fully saturated rings. The van der Waals surface area contributed by atoms with E-state index in [1.165, 1.54) is 57.8 Å². The maximum atomic E-state index is 12.8. The monoisotopic (exact) mass is 1010 g/mol. The Morgan fingerprint density at radius 2 is 0.803 bits per heavy atom. The van der Waals surface area contributed by atoms with Gasteiger partial charge in [0, 0.05) is 12.8 Å². The lowest BCUT2D eigenvalue weighted by molar-refractivity contribution is -0.870. The van der Waals surface area contributed by atoms with Crippen LogP contribution in [0.1, 0.15) is 213 Å². The standard InChI is InChI=1S/C61H104NO8P/c1-6-8-10-12-14-16-18-20-22-23-24-25-26-27-28-29-30-31-32-33-34-35-36-37-38-39-40-42-44-46-48-50-52-54-61(64)70-59(58-69-71(65,66)68-56-55-62(3,4)5)57-67-60(63)53-51-49-47-45-43-41-21-19-17-15-13-11-9-7-2/h8,10,13-16,19-22,24-25,27-28,30-31,33-34,59H,6-7,9,11-12,17-18,23,26,29,32,35-58H2,1-5H3/p+1/b10-8-,15-13-,16-14-,21-19-,22-20-,25-24-,28-27-,31-30-,34-33-. The van der Waals surface area contributed by atoms with E-state index in [4.69, 9.17) is 18.5 Å². The number of phosphoric ester groups is 1. The van der Waals surface area contributed by atoms with Crippen molar-refractivity contribution < 1.29 is 42.1 Å². The molecule has 0 amide bonds.